The first-order chi connectivity index (χ1) is 27.9. The first-order valence-corrected chi connectivity index (χ1v) is 23.2. The van der Waals surface area contributed by atoms with Crippen molar-refractivity contribution in [2.45, 2.75) is 83.1 Å². The summed E-state index contributed by atoms with van der Waals surface area (Å²) in [6.07, 6.45) is 2.98. The van der Waals surface area contributed by atoms with Gasteiger partial charge in [0.25, 0.3) is 8.32 Å². The molecular weight excluding hydrogens is 786 g/mol. The Morgan fingerprint density at radius 2 is 1.62 bits per heavy atom. The van der Waals surface area contributed by atoms with Gasteiger partial charge in [-0.15, -0.1) is 11.8 Å². The third-order valence-corrected chi connectivity index (χ3v) is 17.5. The number of ether oxygens (including phenoxy) is 2. The highest BCUT2D eigenvalue weighted by Crippen LogP contribution is 2.44. The van der Waals surface area contributed by atoms with Crippen LogP contribution in [-0.4, -0.2) is 58.1 Å². The van der Waals surface area contributed by atoms with Crippen LogP contribution >= 0.6 is 23.4 Å². The number of aromatic nitrogens is 5. The third-order valence-electron chi connectivity index (χ3n) is 11.2. The van der Waals surface area contributed by atoms with E-state index in [0.717, 1.165) is 69.8 Å². The molecule has 0 amide bonds. The van der Waals surface area contributed by atoms with Crippen LogP contribution in [0.4, 0.5) is 0 Å². The van der Waals surface area contributed by atoms with Gasteiger partial charge in [-0.3, -0.25) is 14.2 Å². The third kappa shape index (κ3) is 7.91. The zero-order valence-electron chi connectivity index (χ0n) is 34.4. The smallest absolute Gasteiger partial charge is 0.354 e. The minimum absolute atomic E-state index is 0.129. The SMILES string of the molecule is COC(=O)c1c(CCCOC(C)=O)c2ccc(Cl)c(-c3c(CSCc4cc(CO[Si](c5ccccc5)(c5ccccc5)C(C)(C)C)n(C)n4)nn4c3CCC4)c2n1C. The van der Waals surface area contributed by atoms with Crippen molar-refractivity contribution in [3.05, 3.63) is 118 Å². The highest BCUT2D eigenvalue weighted by molar-refractivity contribution is 7.97. The Kier molecular flexibility index (Phi) is 12.4. The van der Waals surface area contributed by atoms with Crippen molar-refractivity contribution >= 4 is 64.9 Å². The molecule has 4 heterocycles. The summed E-state index contributed by atoms with van der Waals surface area (Å²) < 4.78 is 23.7. The molecule has 0 atom stereocenters. The minimum Gasteiger partial charge on any atom is -0.466 e. The molecule has 0 spiro atoms. The lowest BCUT2D eigenvalue weighted by Gasteiger charge is -2.43. The molecule has 1 aliphatic rings. The van der Waals surface area contributed by atoms with E-state index in [4.69, 9.17) is 35.7 Å². The van der Waals surface area contributed by atoms with Gasteiger partial charge in [-0.25, -0.2) is 4.79 Å². The molecule has 10 nitrogen and oxygen atoms in total. The second kappa shape index (κ2) is 17.3. The quantitative estimate of drug-likeness (QED) is 0.0581. The van der Waals surface area contributed by atoms with Gasteiger partial charge in [-0.1, -0.05) is 99.1 Å². The number of hydrogen-bond acceptors (Lipinski definition) is 8. The van der Waals surface area contributed by atoms with E-state index < -0.39 is 14.3 Å². The summed E-state index contributed by atoms with van der Waals surface area (Å²) in [4.78, 5) is 24.7. The van der Waals surface area contributed by atoms with Crippen LogP contribution in [0.5, 0.6) is 0 Å². The largest absolute Gasteiger partial charge is 0.466 e. The van der Waals surface area contributed by atoms with Crippen molar-refractivity contribution < 1.29 is 23.5 Å². The number of benzene rings is 3. The number of halogens is 1. The Bertz CT molecular complexity index is 2400. The molecule has 6 aromatic rings. The van der Waals surface area contributed by atoms with Crippen LogP contribution in [0.3, 0.4) is 0 Å². The summed E-state index contributed by atoms with van der Waals surface area (Å²) in [6, 6.07) is 27.5. The van der Waals surface area contributed by atoms with Gasteiger partial charge >= 0.3 is 11.9 Å². The molecule has 0 N–H and O–H groups in total. The fourth-order valence-electron chi connectivity index (χ4n) is 8.66. The Morgan fingerprint density at radius 3 is 2.26 bits per heavy atom. The number of hydrogen-bond donors (Lipinski definition) is 0. The van der Waals surface area contributed by atoms with Crippen molar-refractivity contribution in [3.63, 3.8) is 0 Å². The van der Waals surface area contributed by atoms with Crippen molar-refractivity contribution in [2.75, 3.05) is 13.7 Å². The molecule has 1 aliphatic heterocycles. The molecular formula is C45H52ClN5O5SSi. The Morgan fingerprint density at radius 1 is 0.931 bits per heavy atom. The summed E-state index contributed by atoms with van der Waals surface area (Å²) in [6.45, 7) is 9.82. The molecule has 0 fully saturated rings. The molecule has 7 rings (SSSR count). The average Bonchev–Trinajstić information content (AvgIpc) is 3.96. The average molecular weight is 839 g/mol. The zero-order valence-corrected chi connectivity index (χ0v) is 37.0. The summed E-state index contributed by atoms with van der Waals surface area (Å²) in [5.41, 5.74) is 8.19. The van der Waals surface area contributed by atoms with E-state index in [-0.39, 0.29) is 17.6 Å². The van der Waals surface area contributed by atoms with E-state index in [0.29, 0.717) is 41.7 Å². The predicted octanol–water partition coefficient (Wildman–Crippen LogP) is 8.17. The number of fused-ring (bicyclic) bond motifs is 2. The van der Waals surface area contributed by atoms with Gasteiger partial charge in [0.15, 0.2) is 0 Å². The number of thioether (sulfide) groups is 1. The van der Waals surface area contributed by atoms with Crippen LogP contribution < -0.4 is 10.4 Å². The van der Waals surface area contributed by atoms with Gasteiger partial charge in [0, 0.05) is 61.3 Å². The van der Waals surface area contributed by atoms with E-state index in [1.807, 2.05) is 35.5 Å². The van der Waals surface area contributed by atoms with Crippen LogP contribution in [-0.2, 0) is 70.3 Å². The van der Waals surface area contributed by atoms with E-state index in [1.165, 1.54) is 24.4 Å². The second-order valence-electron chi connectivity index (χ2n) is 15.9. The van der Waals surface area contributed by atoms with E-state index in [9.17, 15) is 9.59 Å². The number of esters is 2. The molecule has 0 saturated carbocycles. The first-order valence-electron chi connectivity index (χ1n) is 19.8. The normalized spacial score (nSPS) is 13.0. The summed E-state index contributed by atoms with van der Waals surface area (Å²) in [7, 11) is 2.55. The highest BCUT2D eigenvalue weighted by Gasteiger charge is 2.50. The number of methoxy groups -OCH3 is 1. The number of aryl methyl sites for hydroxylation is 4. The van der Waals surface area contributed by atoms with Crippen LogP contribution in [0.15, 0.2) is 78.9 Å². The summed E-state index contributed by atoms with van der Waals surface area (Å²) in [5.74, 6) is 0.585. The topological polar surface area (TPSA) is 102 Å². The molecule has 58 heavy (non-hydrogen) atoms. The number of rotatable bonds is 15. The molecule has 0 aliphatic carbocycles. The Labute approximate surface area is 350 Å². The maximum Gasteiger partial charge on any atom is 0.354 e. The lowest BCUT2D eigenvalue weighted by molar-refractivity contribution is -0.141. The van der Waals surface area contributed by atoms with Gasteiger partial charge in [0.05, 0.1) is 47.9 Å². The van der Waals surface area contributed by atoms with Crippen molar-refractivity contribution in [1.82, 2.24) is 24.1 Å². The van der Waals surface area contributed by atoms with Gasteiger partial charge in [0.2, 0.25) is 0 Å². The monoisotopic (exact) mass is 837 g/mol. The van der Waals surface area contributed by atoms with Gasteiger partial charge in [-0.2, -0.15) is 10.2 Å². The molecule has 0 bridgehead atoms. The number of carbonyl (C=O) groups is 2. The van der Waals surface area contributed by atoms with Crippen molar-refractivity contribution in [2.24, 2.45) is 14.1 Å². The standard InChI is InChI=1S/C45H52ClN5O5SSi/c1-30(52)55-25-15-20-35-36-22-23-37(46)40(42(36)49(5)43(35)44(53)54-7)41-38(48-51-24-14-21-39(41)51)29-57-28-31-26-32(50(6)47-31)27-56-58(45(2,3)4,33-16-10-8-11-17-33)34-18-12-9-13-19-34/h8-13,16-19,22-23,26H,14-15,20-21,24-25,27-29H2,1-7H3. The molecule has 304 valence electrons. The fraction of sp³-hybridized carbons (Fsp3) is 0.378. The van der Waals surface area contributed by atoms with Gasteiger partial charge in [0.1, 0.15) is 5.69 Å². The highest BCUT2D eigenvalue weighted by atomic mass is 35.5. The number of nitrogens with zero attached hydrogens (tertiary/aromatic N) is 5. The Hall–Kier alpha value is -4.62. The van der Waals surface area contributed by atoms with Crippen LogP contribution in [0.25, 0.3) is 22.0 Å². The van der Waals surface area contributed by atoms with E-state index >= 15 is 0 Å². The summed E-state index contributed by atoms with van der Waals surface area (Å²) >= 11 is 8.91. The van der Waals surface area contributed by atoms with E-state index in [1.54, 1.807) is 11.8 Å². The lowest BCUT2D eigenvalue weighted by atomic mass is 9.97. The fourth-order valence-corrected chi connectivity index (χ4v) is 14.3. The van der Waals surface area contributed by atoms with Crippen LogP contribution in [0.1, 0.15) is 79.4 Å². The minimum atomic E-state index is -2.72. The molecule has 0 radical (unpaired) electrons. The molecule has 13 heteroatoms. The molecule has 0 unspecified atom stereocenters. The first kappa shape index (κ1) is 41.5. The second-order valence-corrected chi connectivity index (χ2v) is 21.6. The maximum absolute atomic E-state index is 13.3. The molecule has 0 saturated heterocycles. The Balaban J connectivity index is 1.16. The maximum atomic E-state index is 13.3. The summed E-state index contributed by atoms with van der Waals surface area (Å²) in [5, 5.41) is 14.0. The predicted molar refractivity (Wildman–Crippen MR) is 234 cm³/mol. The van der Waals surface area contributed by atoms with Crippen LogP contribution in [0.2, 0.25) is 10.1 Å². The number of carbonyl (C=O) groups excluding carboxylic acids is 2. The molecule has 3 aromatic carbocycles. The zero-order chi connectivity index (χ0) is 41.2. The van der Waals surface area contributed by atoms with Crippen molar-refractivity contribution in [1.29, 1.82) is 0 Å². The molecule has 3 aromatic heterocycles. The van der Waals surface area contributed by atoms with Gasteiger partial charge in [-0.05, 0) is 58.8 Å². The van der Waals surface area contributed by atoms with Gasteiger partial charge < -0.3 is 18.5 Å². The van der Waals surface area contributed by atoms with Crippen LogP contribution in [0, 0.1) is 0 Å². The lowest BCUT2D eigenvalue weighted by Crippen LogP contribution is -2.66. The van der Waals surface area contributed by atoms with E-state index in [2.05, 4.69) is 92.2 Å². The van der Waals surface area contributed by atoms with Crippen molar-refractivity contribution in [3.8, 4) is 11.1 Å².